The van der Waals surface area contributed by atoms with Gasteiger partial charge in [-0.15, -0.1) is 11.3 Å². The molecule has 0 aliphatic carbocycles. The minimum atomic E-state index is 0.785. The molecule has 0 saturated heterocycles. The molecule has 0 atom stereocenters. The molecule has 2 nitrogen and oxygen atoms in total. The molecule has 0 aliphatic rings. The van der Waals surface area contributed by atoms with Crippen LogP contribution in [0.15, 0.2) is 12.1 Å². The molecule has 0 fully saturated rings. The Hall–Kier alpha value is -0.0900. The summed E-state index contributed by atoms with van der Waals surface area (Å²) in [6, 6.07) is 4.04. The lowest BCUT2D eigenvalue weighted by atomic mass is 10.4. The van der Waals surface area contributed by atoms with Gasteiger partial charge in [0, 0.05) is 25.1 Å². The third-order valence-corrected chi connectivity index (χ3v) is 3.28. The molecule has 0 aromatic carbocycles. The summed E-state index contributed by atoms with van der Waals surface area (Å²) < 4.78 is 5.92. The van der Waals surface area contributed by atoms with E-state index in [1.165, 1.54) is 4.88 Å². The third-order valence-electron chi connectivity index (χ3n) is 2.07. The van der Waals surface area contributed by atoms with Crippen molar-refractivity contribution in [1.82, 2.24) is 4.90 Å². The number of methoxy groups -OCH3 is 1. The van der Waals surface area contributed by atoms with Gasteiger partial charge >= 0.3 is 0 Å². The van der Waals surface area contributed by atoms with Gasteiger partial charge in [0.25, 0.3) is 0 Å². The van der Waals surface area contributed by atoms with Crippen LogP contribution in [0.2, 0.25) is 4.34 Å². The number of hydrogen-bond acceptors (Lipinski definition) is 3. The molecule has 0 aliphatic heterocycles. The Balaban J connectivity index is 2.40. The number of ether oxygens (including phenoxy) is 1. The predicted octanol–water partition coefficient (Wildman–Crippen LogP) is 2.87. The van der Waals surface area contributed by atoms with E-state index in [1.54, 1.807) is 18.4 Å². The topological polar surface area (TPSA) is 12.5 Å². The summed E-state index contributed by atoms with van der Waals surface area (Å²) in [6.07, 6.45) is 0. The highest BCUT2D eigenvalue weighted by Gasteiger charge is 2.05. The summed E-state index contributed by atoms with van der Waals surface area (Å²) in [5, 5.41) is 0. The van der Waals surface area contributed by atoms with Gasteiger partial charge in [0.05, 0.1) is 10.9 Å². The van der Waals surface area contributed by atoms with Gasteiger partial charge in [-0.1, -0.05) is 18.5 Å². The van der Waals surface area contributed by atoms with Crippen LogP contribution in [0.4, 0.5) is 0 Å². The lowest BCUT2D eigenvalue weighted by Gasteiger charge is -2.18. The van der Waals surface area contributed by atoms with Gasteiger partial charge in [0.2, 0.25) is 0 Å². The molecule has 1 heterocycles. The zero-order valence-electron chi connectivity index (χ0n) is 8.62. The zero-order chi connectivity index (χ0) is 10.4. The standard InChI is InChI=1S/C10H16ClNOS/c1-3-12(6-7-13-2)8-9-4-5-10(11)14-9/h4-5H,3,6-8H2,1-2H3. The van der Waals surface area contributed by atoms with Crippen molar-refractivity contribution < 1.29 is 4.74 Å². The number of halogens is 1. The van der Waals surface area contributed by atoms with Crippen molar-refractivity contribution in [1.29, 1.82) is 0 Å². The second-order valence-electron chi connectivity index (χ2n) is 3.07. The predicted molar refractivity (Wildman–Crippen MR) is 62.2 cm³/mol. The third kappa shape index (κ3) is 3.96. The fourth-order valence-electron chi connectivity index (χ4n) is 1.23. The Labute approximate surface area is 94.4 Å². The van der Waals surface area contributed by atoms with Crippen molar-refractivity contribution in [2.24, 2.45) is 0 Å². The first-order valence-corrected chi connectivity index (χ1v) is 5.91. The number of rotatable bonds is 6. The van der Waals surface area contributed by atoms with E-state index in [0.717, 1.165) is 30.6 Å². The van der Waals surface area contributed by atoms with Gasteiger partial charge in [-0.3, -0.25) is 4.90 Å². The lowest BCUT2D eigenvalue weighted by Crippen LogP contribution is -2.26. The average molecular weight is 234 g/mol. The second kappa shape index (κ2) is 6.40. The van der Waals surface area contributed by atoms with E-state index < -0.39 is 0 Å². The van der Waals surface area contributed by atoms with Crippen molar-refractivity contribution in [3.05, 3.63) is 21.3 Å². The largest absolute Gasteiger partial charge is 0.383 e. The summed E-state index contributed by atoms with van der Waals surface area (Å²) in [4.78, 5) is 3.65. The molecule has 0 N–H and O–H groups in total. The van der Waals surface area contributed by atoms with E-state index in [9.17, 15) is 0 Å². The Morgan fingerprint density at radius 1 is 1.50 bits per heavy atom. The first-order valence-electron chi connectivity index (χ1n) is 4.71. The Morgan fingerprint density at radius 2 is 2.29 bits per heavy atom. The van der Waals surface area contributed by atoms with Crippen LogP contribution in [0.3, 0.4) is 0 Å². The van der Waals surface area contributed by atoms with E-state index in [-0.39, 0.29) is 0 Å². The summed E-state index contributed by atoms with van der Waals surface area (Å²) in [7, 11) is 1.73. The molecule has 80 valence electrons. The molecule has 1 rings (SSSR count). The molecule has 1 aromatic heterocycles. The van der Waals surface area contributed by atoms with E-state index in [0.29, 0.717) is 0 Å². The second-order valence-corrected chi connectivity index (χ2v) is 4.87. The van der Waals surface area contributed by atoms with Gasteiger partial charge in [-0.25, -0.2) is 0 Å². The highest BCUT2D eigenvalue weighted by atomic mass is 35.5. The van der Waals surface area contributed by atoms with Crippen LogP contribution in [0.5, 0.6) is 0 Å². The van der Waals surface area contributed by atoms with Gasteiger partial charge in [-0.2, -0.15) is 0 Å². The van der Waals surface area contributed by atoms with Crippen LogP contribution in [0.25, 0.3) is 0 Å². The van der Waals surface area contributed by atoms with Gasteiger partial charge < -0.3 is 4.74 Å². The Morgan fingerprint density at radius 3 is 2.79 bits per heavy atom. The minimum absolute atomic E-state index is 0.785. The number of likely N-dealkylation sites (N-methyl/N-ethyl adjacent to an activating group) is 1. The maximum absolute atomic E-state index is 5.87. The fourth-order valence-corrected chi connectivity index (χ4v) is 2.36. The quantitative estimate of drug-likeness (QED) is 0.749. The van der Waals surface area contributed by atoms with Gasteiger partial charge in [-0.05, 0) is 18.7 Å². The maximum Gasteiger partial charge on any atom is 0.0931 e. The van der Waals surface area contributed by atoms with Crippen LogP contribution < -0.4 is 0 Å². The van der Waals surface area contributed by atoms with Crippen molar-refractivity contribution in [3.8, 4) is 0 Å². The normalized spacial score (nSPS) is 11.1. The average Bonchev–Trinajstić information content (AvgIpc) is 2.58. The monoisotopic (exact) mass is 233 g/mol. The molecule has 1 aromatic rings. The Kier molecular flexibility index (Phi) is 5.48. The summed E-state index contributed by atoms with van der Waals surface area (Å²) in [5.41, 5.74) is 0. The molecular formula is C10H16ClNOS. The summed E-state index contributed by atoms with van der Waals surface area (Å²) in [5.74, 6) is 0. The summed E-state index contributed by atoms with van der Waals surface area (Å²) >= 11 is 7.51. The van der Waals surface area contributed by atoms with E-state index in [2.05, 4.69) is 17.9 Å². The lowest BCUT2D eigenvalue weighted by molar-refractivity contribution is 0.148. The molecule has 4 heteroatoms. The molecule has 0 unspecified atom stereocenters. The smallest absolute Gasteiger partial charge is 0.0931 e. The Bertz CT molecular complexity index is 264. The van der Waals surface area contributed by atoms with Crippen molar-refractivity contribution >= 4 is 22.9 Å². The number of nitrogens with zero attached hydrogens (tertiary/aromatic N) is 1. The number of thiophene rings is 1. The summed E-state index contributed by atoms with van der Waals surface area (Å²) in [6.45, 7) is 5.93. The molecular weight excluding hydrogens is 218 g/mol. The first kappa shape index (κ1) is 12.0. The molecule has 0 saturated carbocycles. The fraction of sp³-hybridized carbons (Fsp3) is 0.600. The van der Waals surface area contributed by atoms with Crippen LogP contribution in [0, 0.1) is 0 Å². The molecule has 0 bridgehead atoms. The SMILES string of the molecule is CCN(CCOC)Cc1ccc(Cl)s1. The van der Waals surface area contributed by atoms with Crippen molar-refractivity contribution in [3.63, 3.8) is 0 Å². The minimum Gasteiger partial charge on any atom is -0.383 e. The van der Waals surface area contributed by atoms with Crippen LogP contribution in [-0.4, -0.2) is 31.7 Å². The van der Waals surface area contributed by atoms with E-state index in [1.807, 2.05) is 6.07 Å². The highest BCUT2D eigenvalue weighted by molar-refractivity contribution is 7.16. The molecule has 0 spiro atoms. The molecule has 14 heavy (non-hydrogen) atoms. The zero-order valence-corrected chi connectivity index (χ0v) is 10.2. The maximum atomic E-state index is 5.87. The van der Waals surface area contributed by atoms with Crippen molar-refractivity contribution in [2.45, 2.75) is 13.5 Å². The number of hydrogen-bond donors (Lipinski definition) is 0. The van der Waals surface area contributed by atoms with Crippen LogP contribution in [-0.2, 0) is 11.3 Å². The highest BCUT2D eigenvalue weighted by Crippen LogP contribution is 2.22. The van der Waals surface area contributed by atoms with Gasteiger partial charge in [0.15, 0.2) is 0 Å². The van der Waals surface area contributed by atoms with Crippen molar-refractivity contribution in [2.75, 3.05) is 26.8 Å². The van der Waals surface area contributed by atoms with Crippen LogP contribution in [0.1, 0.15) is 11.8 Å². The van der Waals surface area contributed by atoms with E-state index in [4.69, 9.17) is 16.3 Å². The van der Waals surface area contributed by atoms with E-state index >= 15 is 0 Å². The first-order chi connectivity index (χ1) is 6.76. The molecule has 0 amide bonds. The van der Waals surface area contributed by atoms with Crippen LogP contribution >= 0.6 is 22.9 Å². The molecule has 0 radical (unpaired) electrons. The van der Waals surface area contributed by atoms with Gasteiger partial charge in [0.1, 0.15) is 0 Å².